The molecule has 2 N–H and O–H groups in total. The summed E-state index contributed by atoms with van der Waals surface area (Å²) in [5.74, 6) is 0.378. The van der Waals surface area contributed by atoms with Gasteiger partial charge in [0.05, 0.1) is 11.0 Å². The van der Waals surface area contributed by atoms with E-state index in [-0.39, 0.29) is 11.0 Å². The Labute approximate surface area is 173 Å². The first kappa shape index (κ1) is 23.6. The van der Waals surface area contributed by atoms with E-state index in [1.807, 2.05) is 20.8 Å². The summed E-state index contributed by atoms with van der Waals surface area (Å²) in [5, 5.41) is 20.7. The third kappa shape index (κ3) is 7.28. The number of sulfone groups is 1. The Bertz CT molecular complexity index is 776. The second-order valence-corrected chi connectivity index (χ2v) is 10.9. The van der Waals surface area contributed by atoms with Gasteiger partial charge in [-0.3, -0.25) is 0 Å². The van der Waals surface area contributed by atoms with Gasteiger partial charge >= 0.3 is 6.09 Å². The molecule has 2 rings (SSSR count). The number of hydrogen-bond acceptors (Lipinski definition) is 6. The lowest BCUT2D eigenvalue weighted by atomic mass is 9.89. The van der Waals surface area contributed by atoms with Crippen LogP contribution in [0.2, 0.25) is 0 Å². The summed E-state index contributed by atoms with van der Waals surface area (Å²) in [6.07, 6.45) is 1.71. The van der Waals surface area contributed by atoms with Crippen molar-refractivity contribution in [1.82, 2.24) is 4.90 Å². The lowest BCUT2D eigenvalue weighted by Gasteiger charge is -2.33. The largest absolute Gasteiger partial charge is 0.444 e. The molecule has 2 unspecified atom stereocenters. The van der Waals surface area contributed by atoms with Gasteiger partial charge < -0.3 is 19.8 Å². The number of carbonyl (C=O) groups excluding carboxylic acids is 1. The average Bonchev–Trinajstić information content (AvgIpc) is 2.64. The Balaban J connectivity index is 1.79. The molecule has 7 nitrogen and oxygen atoms in total. The standard InChI is InChI=1S/C21H33NO6S/c1-21(2,3)28-20(25)22-13-11-15(12-14-22)5-10-18(23)19(24)16-6-8-17(9-7-16)29(4,26)27/h6-9,15,18-19,23-24H,5,10-14H2,1-4H3. The molecule has 1 saturated heterocycles. The minimum atomic E-state index is -3.29. The number of aliphatic hydroxyl groups excluding tert-OH is 2. The molecule has 0 radical (unpaired) electrons. The molecule has 1 aliphatic heterocycles. The quantitative estimate of drug-likeness (QED) is 0.723. The van der Waals surface area contributed by atoms with Crippen LogP contribution in [0.4, 0.5) is 4.79 Å². The number of nitrogens with zero attached hydrogens (tertiary/aromatic N) is 1. The molecule has 1 aliphatic rings. The van der Waals surface area contributed by atoms with Crippen LogP contribution in [0.5, 0.6) is 0 Å². The Morgan fingerprint density at radius 3 is 2.21 bits per heavy atom. The van der Waals surface area contributed by atoms with Gasteiger partial charge in [-0.2, -0.15) is 0 Å². The number of aliphatic hydroxyl groups is 2. The van der Waals surface area contributed by atoms with Crippen LogP contribution in [-0.2, 0) is 14.6 Å². The first-order valence-electron chi connectivity index (χ1n) is 10.0. The summed E-state index contributed by atoms with van der Waals surface area (Å²) in [6, 6.07) is 5.94. The van der Waals surface area contributed by atoms with E-state index in [0.717, 1.165) is 25.5 Å². The van der Waals surface area contributed by atoms with Gasteiger partial charge in [0.25, 0.3) is 0 Å². The highest BCUT2D eigenvalue weighted by Gasteiger charge is 2.28. The third-order valence-electron chi connectivity index (χ3n) is 5.15. The van der Waals surface area contributed by atoms with E-state index in [4.69, 9.17) is 4.74 Å². The number of rotatable bonds is 6. The van der Waals surface area contributed by atoms with E-state index < -0.39 is 27.6 Å². The monoisotopic (exact) mass is 427 g/mol. The maximum atomic E-state index is 12.1. The highest BCUT2D eigenvalue weighted by Crippen LogP contribution is 2.27. The number of hydrogen-bond donors (Lipinski definition) is 2. The van der Waals surface area contributed by atoms with Crippen LogP contribution in [0.1, 0.15) is 58.1 Å². The van der Waals surface area contributed by atoms with Crippen LogP contribution in [0, 0.1) is 5.92 Å². The molecule has 1 heterocycles. The predicted octanol–water partition coefficient (Wildman–Crippen LogP) is 2.91. The topological polar surface area (TPSA) is 104 Å². The number of ether oxygens (including phenoxy) is 1. The van der Waals surface area contributed by atoms with Crippen LogP contribution in [0.15, 0.2) is 29.2 Å². The first-order valence-corrected chi connectivity index (χ1v) is 11.9. The molecular formula is C21H33NO6S. The summed E-state index contributed by atoms with van der Waals surface area (Å²) in [6.45, 7) is 6.80. The Kier molecular flexibility index (Phi) is 7.70. The van der Waals surface area contributed by atoms with Gasteiger partial charge in [-0.25, -0.2) is 13.2 Å². The number of likely N-dealkylation sites (tertiary alicyclic amines) is 1. The van der Waals surface area contributed by atoms with Crippen molar-refractivity contribution in [1.29, 1.82) is 0 Å². The zero-order valence-corrected chi connectivity index (χ0v) is 18.5. The number of carbonyl (C=O) groups is 1. The summed E-state index contributed by atoms with van der Waals surface area (Å²) in [7, 11) is -3.29. The molecule has 2 atom stereocenters. The van der Waals surface area contributed by atoms with Crippen molar-refractivity contribution in [2.24, 2.45) is 5.92 Å². The van der Waals surface area contributed by atoms with Crippen molar-refractivity contribution in [2.75, 3.05) is 19.3 Å². The lowest BCUT2D eigenvalue weighted by Crippen LogP contribution is -2.41. The van der Waals surface area contributed by atoms with Gasteiger partial charge in [0.2, 0.25) is 0 Å². The fraction of sp³-hybridized carbons (Fsp3) is 0.667. The Morgan fingerprint density at radius 2 is 1.72 bits per heavy atom. The minimum absolute atomic E-state index is 0.180. The minimum Gasteiger partial charge on any atom is -0.444 e. The van der Waals surface area contributed by atoms with Crippen LogP contribution >= 0.6 is 0 Å². The number of piperidine rings is 1. The van der Waals surface area contributed by atoms with Gasteiger partial charge in [-0.1, -0.05) is 12.1 Å². The maximum absolute atomic E-state index is 12.1. The lowest BCUT2D eigenvalue weighted by molar-refractivity contribution is 0.00440. The van der Waals surface area contributed by atoms with Crippen molar-refractivity contribution < 1.29 is 28.2 Å². The fourth-order valence-electron chi connectivity index (χ4n) is 3.43. The van der Waals surface area contributed by atoms with Gasteiger partial charge in [0.1, 0.15) is 11.7 Å². The van der Waals surface area contributed by atoms with Gasteiger partial charge in [-0.15, -0.1) is 0 Å². The van der Waals surface area contributed by atoms with E-state index in [9.17, 15) is 23.4 Å². The molecule has 1 aromatic carbocycles. The molecule has 164 valence electrons. The van der Waals surface area contributed by atoms with Crippen LogP contribution in [0.3, 0.4) is 0 Å². The molecule has 0 aromatic heterocycles. The Morgan fingerprint density at radius 1 is 1.17 bits per heavy atom. The molecule has 8 heteroatoms. The van der Waals surface area contributed by atoms with Crippen molar-refractivity contribution in [3.05, 3.63) is 29.8 Å². The fourth-order valence-corrected chi connectivity index (χ4v) is 4.06. The smallest absolute Gasteiger partial charge is 0.410 e. The zero-order chi connectivity index (χ0) is 21.8. The van der Waals surface area contributed by atoms with E-state index in [0.29, 0.717) is 31.0 Å². The molecule has 1 fully saturated rings. The van der Waals surface area contributed by atoms with Crippen LogP contribution in [0.25, 0.3) is 0 Å². The maximum Gasteiger partial charge on any atom is 0.410 e. The summed E-state index contributed by atoms with van der Waals surface area (Å²) in [5.41, 5.74) is -0.0158. The first-order chi connectivity index (χ1) is 13.4. The van der Waals surface area contributed by atoms with E-state index in [1.165, 1.54) is 24.3 Å². The van der Waals surface area contributed by atoms with Crippen LogP contribution in [-0.4, -0.2) is 60.7 Å². The molecule has 0 bridgehead atoms. The molecule has 0 saturated carbocycles. The van der Waals surface area contributed by atoms with Crippen molar-refractivity contribution in [3.63, 3.8) is 0 Å². The van der Waals surface area contributed by atoms with Gasteiger partial charge in [-0.05, 0) is 70.1 Å². The second-order valence-electron chi connectivity index (χ2n) is 8.84. The molecular weight excluding hydrogens is 394 g/mol. The van der Waals surface area contributed by atoms with Crippen molar-refractivity contribution in [3.8, 4) is 0 Å². The highest BCUT2D eigenvalue weighted by molar-refractivity contribution is 7.90. The zero-order valence-electron chi connectivity index (χ0n) is 17.7. The summed E-state index contributed by atoms with van der Waals surface area (Å²) in [4.78, 5) is 14.0. The van der Waals surface area contributed by atoms with Crippen molar-refractivity contribution >= 4 is 15.9 Å². The number of benzene rings is 1. The second kappa shape index (κ2) is 9.45. The number of amides is 1. The third-order valence-corrected chi connectivity index (χ3v) is 6.28. The highest BCUT2D eigenvalue weighted by atomic mass is 32.2. The van der Waals surface area contributed by atoms with E-state index >= 15 is 0 Å². The van der Waals surface area contributed by atoms with Crippen molar-refractivity contribution in [2.45, 2.75) is 69.2 Å². The van der Waals surface area contributed by atoms with Gasteiger partial charge in [0.15, 0.2) is 9.84 Å². The van der Waals surface area contributed by atoms with Gasteiger partial charge in [0, 0.05) is 19.3 Å². The summed E-state index contributed by atoms with van der Waals surface area (Å²) >= 11 is 0. The van der Waals surface area contributed by atoms with E-state index in [2.05, 4.69) is 0 Å². The normalized spacial score (nSPS) is 18.3. The molecule has 1 amide bonds. The average molecular weight is 428 g/mol. The summed E-state index contributed by atoms with van der Waals surface area (Å²) < 4.78 is 28.4. The van der Waals surface area contributed by atoms with Crippen LogP contribution < -0.4 is 0 Å². The SMILES string of the molecule is CC(C)(C)OC(=O)N1CCC(CCC(O)C(O)c2ccc(S(C)(=O)=O)cc2)CC1. The Hall–Kier alpha value is -1.64. The predicted molar refractivity (Wildman–Crippen MR) is 110 cm³/mol. The molecule has 1 aromatic rings. The molecule has 29 heavy (non-hydrogen) atoms. The van der Waals surface area contributed by atoms with E-state index in [1.54, 1.807) is 4.90 Å². The molecule has 0 spiro atoms. The molecule has 0 aliphatic carbocycles.